The minimum absolute atomic E-state index is 0.0340. The average molecular weight is 155 g/mol. The van der Waals surface area contributed by atoms with Gasteiger partial charge in [0.2, 0.25) is 0 Å². The first-order chi connectivity index (χ1) is 5.24. The molecule has 3 nitrogen and oxygen atoms in total. The number of ether oxygens (including phenoxy) is 2. The molecular weight excluding hydrogens is 142 g/mol. The summed E-state index contributed by atoms with van der Waals surface area (Å²) in [6.45, 7) is 6.23. The van der Waals surface area contributed by atoms with Crippen molar-refractivity contribution in [3.8, 4) is 0 Å². The second-order valence-corrected chi connectivity index (χ2v) is 2.48. The van der Waals surface area contributed by atoms with E-state index in [0.29, 0.717) is 5.76 Å². The summed E-state index contributed by atoms with van der Waals surface area (Å²) in [7, 11) is 1.66. The van der Waals surface area contributed by atoms with Crippen molar-refractivity contribution in [2.45, 2.75) is 13.0 Å². The van der Waals surface area contributed by atoms with Crippen molar-refractivity contribution in [2.75, 3.05) is 13.7 Å². The maximum atomic E-state index is 5.29. The van der Waals surface area contributed by atoms with E-state index in [9.17, 15) is 0 Å². The van der Waals surface area contributed by atoms with Gasteiger partial charge in [0, 0.05) is 19.9 Å². The maximum absolute atomic E-state index is 5.29. The summed E-state index contributed by atoms with van der Waals surface area (Å²) in [5.74, 6) is 1.49. The molecule has 0 aliphatic carbocycles. The van der Waals surface area contributed by atoms with Gasteiger partial charge in [-0.3, -0.25) is 0 Å². The molecule has 0 amide bonds. The van der Waals surface area contributed by atoms with E-state index in [1.807, 2.05) is 13.1 Å². The molecule has 1 unspecified atom stereocenters. The van der Waals surface area contributed by atoms with Crippen molar-refractivity contribution in [3.63, 3.8) is 0 Å². The fraction of sp³-hybridized carbons (Fsp3) is 0.500. The summed E-state index contributed by atoms with van der Waals surface area (Å²) < 4.78 is 10.4. The summed E-state index contributed by atoms with van der Waals surface area (Å²) in [6.07, 6.45) is 1.84. The van der Waals surface area contributed by atoms with E-state index in [-0.39, 0.29) is 6.10 Å². The summed E-state index contributed by atoms with van der Waals surface area (Å²) >= 11 is 0. The van der Waals surface area contributed by atoms with Crippen LogP contribution >= 0.6 is 0 Å². The monoisotopic (exact) mass is 155 g/mol. The van der Waals surface area contributed by atoms with E-state index in [1.54, 1.807) is 7.11 Å². The van der Waals surface area contributed by atoms with Crippen LogP contribution in [0.25, 0.3) is 0 Å². The van der Waals surface area contributed by atoms with Crippen LogP contribution in [0.5, 0.6) is 0 Å². The maximum Gasteiger partial charge on any atom is 0.150 e. The van der Waals surface area contributed by atoms with Gasteiger partial charge in [0.15, 0.2) is 0 Å². The zero-order valence-corrected chi connectivity index (χ0v) is 6.89. The van der Waals surface area contributed by atoms with Crippen LogP contribution < -0.4 is 5.32 Å². The molecule has 0 saturated heterocycles. The van der Waals surface area contributed by atoms with E-state index in [1.165, 1.54) is 0 Å². The Labute approximate surface area is 66.7 Å². The Morgan fingerprint density at radius 1 is 1.82 bits per heavy atom. The lowest BCUT2D eigenvalue weighted by Crippen LogP contribution is -2.19. The molecule has 0 aromatic carbocycles. The first-order valence-electron chi connectivity index (χ1n) is 3.53. The lowest BCUT2D eigenvalue weighted by molar-refractivity contribution is 0.0954. The number of hydrogen-bond donors (Lipinski definition) is 1. The normalized spacial score (nSPS) is 22.4. The summed E-state index contributed by atoms with van der Waals surface area (Å²) in [5, 5.41) is 3.03. The third-order valence-electron chi connectivity index (χ3n) is 1.44. The molecular formula is C8H13NO2. The second kappa shape index (κ2) is 3.44. The Hall–Kier alpha value is -0.960. The van der Waals surface area contributed by atoms with E-state index in [4.69, 9.17) is 9.47 Å². The van der Waals surface area contributed by atoms with Crippen molar-refractivity contribution in [2.24, 2.45) is 0 Å². The SMILES string of the molecule is C=C(C)OC1=CNCC1OC. The molecule has 1 rings (SSSR count). The highest BCUT2D eigenvalue weighted by Crippen LogP contribution is 2.14. The highest BCUT2D eigenvalue weighted by molar-refractivity contribution is 5.09. The van der Waals surface area contributed by atoms with Crippen LogP contribution in [0.2, 0.25) is 0 Å². The van der Waals surface area contributed by atoms with Gasteiger partial charge in [-0.15, -0.1) is 0 Å². The first-order valence-corrected chi connectivity index (χ1v) is 3.53. The van der Waals surface area contributed by atoms with Crippen LogP contribution in [0, 0.1) is 0 Å². The summed E-state index contributed by atoms with van der Waals surface area (Å²) in [6, 6.07) is 0. The van der Waals surface area contributed by atoms with E-state index in [0.717, 1.165) is 12.3 Å². The molecule has 11 heavy (non-hydrogen) atoms. The van der Waals surface area contributed by atoms with Gasteiger partial charge in [-0.05, 0) is 6.92 Å². The largest absolute Gasteiger partial charge is 0.463 e. The zero-order valence-electron chi connectivity index (χ0n) is 6.89. The molecule has 1 aliphatic rings. The lowest BCUT2D eigenvalue weighted by Gasteiger charge is -2.12. The minimum Gasteiger partial charge on any atom is -0.463 e. The van der Waals surface area contributed by atoms with Gasteiger partial charge in [0.1, 0.15) is 11.9 Å². The number of rotatable bonds is 3. The van der Waals surface area contributed by atoms with E-state index < -0.39 is 0 Å². The van der Waals surface area contributed by atoms with Crippen LogP contribution in [0.3, 0.4) is 0 Å². The molecule has 0 aromatic rings. The van der Waals surface area contributed by atoms with Gasteiger partial charge in [-0.1, -0.05) is 6.58 Å². The molecule has 1 N–H and O–H groups in total. The fourth-order valence-electron chi connectivity index (χ4n) is 0.956. The highest BCUT2D eigenvalue weighted by atomic mass is 16.5. The van der Waals surface area contributed by atoms with Gasteiger partial charge in [0.25, 0.3) is 0 Å². The van der Waals surface area contributed by atoms with Crippen LogP contribution in [-0.2, 0) is 9.47 Å². The zero-order chi connectivity index (χ0) is 8.27. The number of hydrogen-bond acceptors (Lipinski definition) is 3. The first kappa shape index (κ1) is 8.14. The Bertz CT molecular complexity index is 187. The van der Waals surface area contributed by atoms with Gasteiger partial charge in [0.05, 0.1) is 5.76 Å². The molecule has 62 valence electrons. The molecule has 3 heteroatoms. The average Bonchev–Trinajstić information content (AvgIpc) is 2.34. The molecule has 0 spiro atoms. The highest BCUT2D eigenvalue weighted by Gasteiger charge is 2.19. The Balaban J connectivity index is 2.49. The Kier molecular flexibility index (Phi) is 2.54. The smallest absolute Gasteiger partial charge is 0.150 e. The van der Waals surface area contributed by atoms with Gasteiger partial charge in [-0.2, -0.15) is 0 Å². The van der Waals surface area contributed by atoms with Crippen LogP contribution in [-0.4, -0.2) is 19.8 Å². The van der Waals surface area contributed by atoms with Crippen LogP contribution in [0.1, 0.15) is 6.92 Å². The molecule has 0 radical (unpaired) electrons. The van der Waals surface area contributed by atoms with E-state index in [2.05, 4.69) is 11.9 Å². The predicted octanol–water partition coefficient (Wildman–Crippen LogP) is 0.996. The van der Waals surface area contributed by atoms with Crippen molar-refractivity contribution in [3.05, 3.63) is 24.3 Å². The standard InChI is InChI=1S/C8H13NO2/c1-6(2)11-8-5-9-4-7(8)10-3/h5,7,9H,1,4H2,2-3H3. The number of methoxy groups -OCH3 is 1. The Morgan fingerprint density at radius 3 is 3.09 bits per heavy atom. The van der Waals surface area contributed by atoms with Crippen molar-refractivity contribution in [1.29, 1.82) is 0 Å². The van der Waals surface area contributed by atoms with Gasteiger partial charge < -0.3 is 14.8 Å². The molecule has 0 saturated carbocycles. The number of nitrogens with one attached hydrogen (secondary N) is 1. The topological polar surface area (TPSA) is 30.5 Å². The molecule has 1 aliphatic heterocycles. The fourth-order valence-corrected chi connectivity index (χ4v) is 0.956. The van der Waals surface area contributed by atoms with Gasteiger partial charge >= 0.3 is 0 Å². The number of allylic oxidation sites excluding steroid dienone is 1. The lowest BCUT2D eigenvalue weighted by atomic mass is 10.3. The van der Waals surface area contributed by atoms with Crippen molar-refractivity contribution >= 4 is 0 Å². The predicted molar refractivity (Wildman–Crippen MR) is 42.8 cm³/mol. The Morgan fingerprint density at radius 2 is 2.55 bits per heavy atom. The van der Waals surface area contributed by atoms with Crippen LogP contribution in [0.4, 0.5) is 0 Å². The summed E-state index contributed by atoms with van der Waals surface area (Å²) in [5.41, 5.74) is 0. The minimum atomic E-state index is 0.0340. The second-order valence-electron chi connectivity index (χ2n) is 2.48. The van der Waals surface area contributed by atoms with Crippen LogP contribution in [0.15, 0.2) is 24.3 Å². The molecule has 0 fully saturated rings. The molecule has 1 heterocycles. The molecule has 1 atom stereocenters. The third kappa shape index (κ3) is 1.98. The van der Waals surface area contributed by atoms with Gasteiger partial charge in [-0.25, -0.2) is 0 Å². The quantitative estimate of drug-likeness (QED) is 0.617. The van der Waals surface area contributed by atoms with Crippen molar-refractivity contribution in [1.82, 2.24) is 5.32 Å². The van der Waals surface area contributed by atoms with E-state index >= 15 is 0 Å². The van der Waals surface area contributed by atoms with Crippen molar-refractivity contribution < 1.29 is 9.47 Å². The molecule has 0 aromatic heterocycles. The summed E-state index contributed by atoms with van der Waals surface area (Å²) in [4.78, 5) is 0. The third-order valence-corrected chi connectivity index (χ3v) is 1.44. The molecule has 0 bridgehead atoms.